The maximum Gasteiger partial charge on any atom is 0.435 e. The second-order valence-electron chi connectivity index (χ2n) is 6.49. The van der Waals surface area contributed by atoms with Crippen LogP contribution in [0.2, 0.25) is 0 Å². The Morgan fingerprint density at radius 3 is 2.53 bits per heavy atom. The molecule has 8 nitrogen and oxygen atoms in total. The van der Waals surface area contributed by atoms with Crippen LogP contribution in [0.4, 0.5) is 13.2 Å². The molecule has 0 fully saturated rings. The van der Waals surface area contributed by atoms with Crippen LogP contribution in [0.25, 0.3) is 39.4 Å². The van der Waals surface area contributed by atoms with Crippen molar-refractivity contribution in [3.63, 3.8) is 0 Å². The number of aromatic nitrogens is 7. The van der Waals surface area contributed by atoms with E-state index in [-0.39, 0.29) is 22.5 Å². The summed E-state index contributed by atoms with van der Waals surface area (Å²) in [5.74, 6) is -0.0642. The lowest BCUT2D eigenvalue weighted by Crippen LogP contribution is -2.08. The van der Waals surface area contributed by atoms with Gasteiger partial charge in [-0.05, 0) is 18.2 Å². The van der Waals surface area contributed by atoms with Crippen LogP contribution < -0.4 is 0 Å². The summed E-state index contributed by atoms with van der Waals surface area (Å²) < 4.78 is 49.7. The van der Waals surface area contributed by atoms with Crippen LogP contribution in [0, 0.1) is 0 Å². The molecule has 0 bridgehead atoms. The van der Waals surface area contributed by atoms with E-state index in [1.165, 1.54) is 6.07 Å². The molecular formula is C19H12F3N7O. The minimum absolute atomic E-state index is 0.0167. The monoisotopic (exact) mass is 411 g/mol. The van der Waals surface area contributed by atoms with E-state index in [9.17, 15) is 13.2 Å². The summed E-state index contributed by atoms with van der Waals surface area (Å²) in [5.41, 5.74) is 0.475. The Hall–Kier alpha value is -4.02. The highest BCUT2D eigenvalue weighted by Crippen LogP contribution is 2.40. The summed E-state index contributed by atoms with van der Waals surface area (Å²) in [6.07, 6.45) is -0.385. The molecule has 5 aromatic rings. The smallest absolute Gasteiger partial charge is 0.423 e. The molecule has 0 N–H and O–H groups in total. The molecule has 4 heterocycles. The standard InChI is InChI=1S/C19H12F3N7O/c1-28-9-11(8-24-28)14-7-13(18-26-23-10-30-18)15-16(19(20,21)22)27-29(17(15)25-14)12-5-3-2-4-6-12/h2-10H,1H3. The van der Waals surface area contributed by atoms with E-state index >= 15 is 0 Å². The van der Waals surface area contributed by atoms with E-state index in [2.05, 4.69) is 25.4 Å². The summed E-state index contributed by atoms with van der Waals surface area (Å²) in [6, 6.07) is 9.95. The summed E-state index contributed by atoms with van der Waals surface area (Å²) in [6.45, 7) is 0. The van der Waals surface area contributed by atoms with Crippen LogP contribution in [0.5, 0.6) is 0 Å². The average Bonchev–Trinajstić information content (AvgIpc) is 3.47. The topological polar surface area (TPSA) is 87.5 Å². The van der Waals surface area contributed by atoms with Gasteiger partial charge in [0.15, 0.2) is 11.3 Å². The SMILES string of the molecule is Cn1cc(-c2cc(-c3nnco3)c3c(C(F)(F)F)nn(-c4ccccc4)c3n2)cn1. The molecule has 11 heteroatoms. The first-order valence-electron chi connectivity index (χ1n) is 8.74. The summed E-state index contributed by atoms with van der Waals surface area (Å²) in [7, 11) is 1.73. The van der Waals surface area contributed by atoms with Crippen molar-refractivity contribution < 1.29 is 17.6 Å². The van der Waals surface area contributed by atoms with Crippen LogP contribution in [-0.4, -0.2) is 34.7 Å². The molecule has 30 heavy (non-hydrogen) atoms. The van der Waals surface area contributed by atoms with Crippen molar-refractivity contribution in [3.8, 4) is 28.4 Å². The zero-order chi connectivity index (χ0) is 20.9. The van der Waals surface area contributed by atoms with Gasteiger partial charge in [0, 0.05) is 18.8 Å². The molecule has 0 saturated heterocycles. The van der Waals surface area contributed by atoms with Crippen molar-refractivity contribution in [3.05, 3.63) is 60.9 Å². The number of pyridine rings is 1. The van der Waals surface area contributed by atoms with Crippen LogP contribution in [0.15, 0.2) is 59.6 Å². The number of aryl methyl sites for hydroxylation is 1. The Morgan fingerprint density at radius 1 is 1.10 bits per heavy atom. The average molecular weight is 411 g/mol. The van der Waals surface area contributed by atoms with E-state index in [0.29, 0.717) is 16.9 Å². The fourth-order valence-electron chi connectivity index (χ4n) is 3.22. The van der Waals surface area contributed by atoms with Crippen LogP contribution in [0.1, 0.15) is 5.69 Å². The fraction of sp³-hybridized carbons (Fsp3) is 0.105. The normalized spacial score (nSPS) is 12.0. The van der Waals surface area contributed by atoms with Gasteiger partial charge in [-0.25, -0.2) is 9.67 Å². The first kappa shape index (κ1) is 18.0. The van der Waals surface area contributed by atoms with E-state index in [4.69, 9.17) is 4.42 Å². The Kier molecular flexibility index (Phi) is 3.91. The van der Waals surface area contributed by atoms with Gasteiger partial charge in [0.1, 0.15) is 0 Å². The molecule has 4 aromatic heterocycles. The van der Waals surface area contributed by atoms with Crippen molar-refractivity contribution in [1.82, 2.24) is 34.7 Å². The maximum absolute atomic E-state index is 13.9. The molecule has 0 aliphatic heterocycles. The van der Waals surface area contributed by atoms with Gasteiger partial charge in [0.2, 0.25) is 12.3 Å². The number of hydrogen-bond acceptors (Lipinski definition) is 6. The van der Waals surface area contributed by atoms with Gasteiger partial charge in [-0.15, -0.1) is 10.2 Å². The maximum atomic E-state index is 13.9. The Balaban J connectivity index is 1.91. The van der Waals surface area contributed by atoms with Gasteiger partial charge in [-0.3, -0.25) is 4.68 Å². The number of alkyl halides is 3. The molecule has 0 unspecified atom stereocenters. The minimum Gasteiger partial charge on any atom is -0.423 e. The third-order valence-electron chi connectivity index (χ3n) is 4.50. The molecule has 1 aromatic carbocycles. The second-order valence-corrected chi connectivity index (χ2v) is 6.49. The summed E-state index contributed by atoms with van der Waals surface area (Å²) in [4.78, 5) is 4.50. The van der Waals surface area contributed by atoms with Gasteiger partial charge >= 0.3 is 6.18 Å². The highest BCUT2D eigenvalue weighted by Gasteiger charge is 2.39. The number of hydrogen-bond donors (Lipinski definition) is 0. The van der Waals surface area contributed by atoms with Crippen molar-refractivity contribution in [2.75, 3.05) is 0 Å². The molecule has 0 saturated carbocycles. The number of nitrogens with zero attached hydrogens (tertiary/aromatic N) is 7. The van der Waals surface area contributed by atoms with Gasteiger partial charge < -0.3 is 4.42 Å². The summed E-state index contributed by atoms with van der Waals surface area (Å²) in [5, 5.41) is 15.2. The van der Waals surface area contributed by atoms with Gasteiger partial charge in [0.05, 0.1) is 28.5 Å². The molecule has 0 atom stereocenters. The first-order valence-corrected chi connectivity index (χ1v) is 8.74. The minimum atomic E-state index is -4.72. The third kappa shape index (κ3) is 2.91. The molecule has 0 spiro atoms. The number of para-hydroxylation sites is 1. The van der Waals surface area contributed by atoms with Crippen LogP contribution in [-0.2, 0) is 13.2 Å². The Bertz CT molecular complexity index is 1340. The largest absolute Gasteiger partial charge is 0.435 e. The lowest BCUT2D eigenvalue weighted by Gasteiger charge is -2.07. The molecule has 150 valence electrons. The number of rotatable bonds is 3. The van der Waals surface area contributed by atoms with Crippen molar-refractivity contribution in [1.29, 1.82) is 0 Å². The van der Waals surface area contributed by atoms with E-state index in [1.807, 2.05) is 0 Å². The zero-order valence-corrected chi connectivity index (χ0v) is 15.4. The van der Waals surface area contributed by atoms with E-state index < -0.39 is 11.9 Å². The van der Waals surface area contributed by atoms with Crippen molar-refractivity contribution in [2.24, 2.45) is 7.05 Å². The highest BCUT2D eigenvalue weighted by atomic mass is 19.4. The molecule has 0 aliphatic carbocycles. The van der Waals surface area contributed by atoms with E-state index in [1.54, 1.807) is 54.5 Å². The highest BCUT2D eigenvalue weighted by molar-refractivity contribution is 5.96. The lowest BCUT2D eigenvalue weighted by molar-refractivity contribution is -0.140. The van der Waals surface area contributed by atoms with E-state index in [0.717, 1.165) is 11.1 Å². The van der Waals surface area contributed by atoms with Crippen molar-refractivity contribution in [2.45, 2.75) is 6.18 Å². The summed E-state index contributed by atoms with van der Waals surface area (Å²) >= 11 is 0. The Labute approximate surface area is 166 Å². The Morgan fingerprint density at radius 2 is 1.90 bits per heavy atom. The molecule has 0 radical (unpaired) electrons. The molecule has 0 aliphatic rings. The number of fused-ring (bicyclic) bond motifs is 1. The second kappa shape index (κ2) is 6.51. The van der Waals surface area contributed by atoms with Gasteiger partial charge in [0.25, 0.3) is 0 Å². The van der Waals surface area contributed by atoms with Gasteiger partial charge in [-0.2, -0.15) is 23.4 Å². The van der Waals surface area contributed by atoms with Gasteiger partial charge in [-0.1, -0.05) is 18.2 Å². The van der Waals surface area contributed by atoms with Crippen molar-refractivity contribution >= 4 is 11.0 Å². The predicted octanol–water partition coefficient (Wildman–Crippen LogP) is 3.89. The number of halogens is 3. The first-order chi connectivity index (χ1) is 14.4. The quantitative estimate of drug-likeness (QED) is 0.448. The van der Waals surface area contributed by atoms with Crippen LogP contribution >= 0.6 is 0 Å². The molecule has 0 amide bonds. The zero-order valence-electron chi connectivity index (χ0n) is 15.4. The fourth-order valence-corrected chi connectivity index (χ4v) is 3.22. The number of benzene rings is 1. The lowest BCUT2D eigenvalue weighted by atomic mass is 10.1. The molecular weight excluding hydrogens is 399 g/mol. The molecule has 5 rings (SSSR count). The third-order valence-corrected chi connectivity index (χ3v) is 4.50. The predicted molar refractivity (Wildman–Crippen MR) is 99.4 cm³/mol. The van der Waals surface area contributed by atoms with Crippen LogP contribution in [0.3, 0.4) is 0 Å².